The number of unbranched alkanes of at least 4 members (excludes halogenated alkanes) is 1. The van der Waals surface area contributed by atoms with Gasteiger partial charge in [-0.05, 0) is 55.7 Å². The SMILES string of the molecule is C#CCn1c(=O)c2c(nc(CCc3ccc(C(F)(F)F)cc3)n2CC2CCCC2)n(CCCCP(=O)(O)O)c1=O. The fourth-order valence-corrected chi connectivity index (χ4v) is 5.95. The summed E-state index contributed by atoms with van der Waals surface area (Å²) in [6, 6.07) is 4.91. The van der Waals surface area contributed by atoms with E-state index in [1.165, 1.54) is 16.7 Å². The van der Waals surface area contributed by atoms with E-state index in [-0.39, 0.29) is 43.3 Å². The molecule has 9 nitrogen and oxygen atoms in total. The van der Waals surface area contributed by atoms with E-state index < -0.39 is 30.6 Å². The number of halogens is 3. The minimum absolute atomic E-state index is 0.0823. The predicted octanol–water partition coefficient (Wildman–Crippen LogP) is 3.95. The van der Waals surface area contributed by atoms with Gasteiger partial charge in [0.25, 0.3) is 5.56 Å². The smallest absolute Gasteiger partial charge is 0.324 e. The third kappa shape index (κ3) is 6.95. The van der Waals surface area contributed by atoms with Gasteiger partial charge in [-0.25, -0.2) is 14.3 Å². The van der Waals surface area contributed by atoms with Crippen LogP contribution in [0.2, 0.25) is 0 Å². The molecule has 2 N–H and O–H groups in total. The second kappa shape index (κ2) is 12.2. The summed E-state index contributed by atoms with van der Waals surface area (Å²) in [5, 5.41) is 0. The zero-order valence-corrected chi connectivity index (χ0v) is 22.8. The van der Waals surface area contributed by atoms with Gasteiger partial charge in [-0.15, -0.1) is 6.42 Å². The van der Waals surface area contributed by atoms with E-state index in [2.05, 4.69) is 5.92 Å². The molecule has 0 unspecified atom stereocenters. The molecule has 0 aliphatic heterocycles. The summed E-state index contributed by atoms with van der Waals surface area (Å²) in [5.74, 6) is 3.20. The Bertz CT molecular complexity index is 1550. The average molecular weight is 581 g/mol. The number of fused-ring (bicyclic) bond motifs is 1. The molecule has 1 fully saturated rings. The monoisotopic (exact) mass is 580 g/mol. The fraction of sp³-hybridized carbons (Fsp3) is 0.519. The van der Waals surface area contributed by atoms with Gasteiger partial charge in [0.05, 0.1) is 12.1 Å². The Morgan fingerprint density at radius 1 is 1.02 bits per heavy atom. The highest BCUT2D eigenvalue weighted by atomic mass is 31.2. The standard InChI is InChI=1S/C27H32F3N4O5P/c1-2-15-33-25(35)23-24(32(26(33)36)16-5-6-17-40(37,38)39)31-22(34(23)18-20-7-3-4-8-20)14-11-19-9-12-21(13-10-19)27(28,29)30/h1,9-10,12-13,20H,3-8,11,14-18H2,(H2,37,38,39). The molecule has 0 spiro atoms. The second-order valence-electron chi connectivity index (χ2n) is 10.3. The largest absolute Gasteiger partial charge is 0.416 e. The summed E-state index contributed by atoms with van der Waals surface area (Å²) in [6.07, 6.45) is 5.94. The molecule has 0 amide bonds. The first kappa shape index (κ1) is 29.8. The van der Waals surface area contributed by atoms with Crippen molar-refractivity contribution in [1.82, 2.24) is 18.7 Å². The molecule has 1 saturated carbocycles. The molecule has 2 aromatic heterocycles. The summed E-state index contributed by atoms with van der Waals surface area (Å²) in [4.78, 5) is 49.9. The zero-order valence-electron chi connectivity index (χ0n) is 21.9. The molecule has 3 aromatic rings. The summed E-state index contributed by atoms with van der Waals surface area (Å²) < 4.78 is 54.3. The number of aryl methyl sites for hydroxylation is 3. The van der Waals surface area contributed by atoms with E-state index >= 15 is 0 Å². The van der Waals surface area contributed by atoms with Crippen molar-refractivity contribution in [2.45, 2.75) is 77.2 Å². The number of hydrogen-bond donors (Lipinski definition) is 2. The van der Waals surface area contributed by atoms with Crippen LogP contribution in [0.25, 0.3) is 11.2 Å². The number of terminal acetylenes is 1. The van der Waals surface area contributed by atoms with Gasteiger partial charge in [0, 0.05) is 25.7 Å². The van der Waals surface area contributed by atoms with Crippen molar-refractivity contribution >= 4 is 18.8 Å². The lowest BCUT2D eigenvalue weighted by molar-refractivity contribution is -0.137. The predicted molar refractivity (Wildman–Crippen MR) is 144 cm³/mol. The molecule has 13 heteroatoms. The molecule has 0 saturated heterocycles. The average Bonchev–Trinajstić information content (AvgIpc) is 3.52. The minimum Gasteiger partial charge on any atom is -0.324 e. The third-order valence-corrected chi connectivity index (χ3v) is 8.26. The quantitative estimate of drug-likeness (QED) is 0.202. The molecule has 1 aliphatic rings. The van der Waals surface area contributed by atoms with E-state index in [0.717, 1.165) is 42.4 Å². The van der Waals surface area contributed by atoms with Gasteiger partial charge in [0.15, 0.2) is 11.2 Å². The second-order valence-corrected chi connectivity index (χ2v) is 12.1. The Morgan fingerprint density at radius 3 is 2.30 bits per heavy atom. The Kier molecular flexibility index (Phi) is 9.08. The van der Waals surface area contributed by atoms with Crippen LogP contribution in [0.3, 0.4) is 0 Å². The van der Waals surface area contributed by atoms with Crippen molar-refractivity contribution in [3.8, 4) is 12.3 Å². The highest BCUT2D eigenvalue weighted by Gasteiger charge is 2.30. The van der Waals surface area contributed by atoms with Crippen LogP contribution in [0.1, 0.15) is 55.5 Å². The number of nitrogens with zero attached hydrogens (tertiary/aromatic N) is 4. The molecule has 1 aliphatic carbocycles. The van der Waals surface area contributed by atoms with Crippen molar-refractivity contribution in [2.24, 2.45) is 5.92 Å². The fourth-order valence-electron chi connectivity index (χ4n) is 5.31. The molecule has 0 bridgehead atoms. The van der Waals surface area contributed by atoms with Crippen molar-refractivity contribution in [2.75, 3.05) is 6.16 Å². The summed E-state index contributed by atoms with van der Waals surface area (Å²) >= 11 is 0. The van der Waals surface area contributed by atoms with E-state index in [4.69, 9.17) is 11.4 Å². The summed E-state index contributed by atoms with van der Waals surface area (Å²) in [7, 11) is -4.20. The minimum atomic E-state index is -4.43. The highest BCUT2D eigenvalue weighted by Crippen LogP contribution is 2.35. The van der Waals surface area contributed by atoms with Crippen molar-refractivity contribution in [3.05, 3.63) is 62.1 Å². The number of benzene rings is 1. The van der Waals surface area contributed by atoms with Crippen LogP contribution in [0.15, 0.2) is 33.9 Å². The molecule has 216 valence electrons. The Morgan fingerprint density at radius 2 is 1.70 bits per heavy atom. The number of imidazole rings is 1. The Labute approximate surface area is 228 Å². The zero-order chi connectivity index (χ0) is 29.1. The van der Waals surface area contributed by atoms with E-state index in [9.17, 15) is 37.1 Å². The molecule has 0 atom stereocenters. The Balaban J connectivity index is 1.75. The van der Waals surface area contributed by atoms with Gasteiger partial charge in [0.2, 0.25) is 0 Å². The van der Waals surface area contributed by atoms with Crippen molar-refractivity contribution < 1.29 is 27.5 Å². The van der Waals surface area contributed by atoms with E-state index in [0.29, 0.717) is 36.7 Å². The van der Waals surface area contributed by atoms with Crippen molar-refractivity contribution in [1.29, 1.82) is 0 Å². The summed E-state index contributed by atoms with van der Waals surface area (Å²) in [5.41, 5.74) is -0.852. The van der Waals surface area contributed by atoms with Gasteiger partial charge in [-0.1, -0.05) is 30.9 Å². The molecular formula is C27H32F3N4O5P. The van der Waals surface area contributed by atoms with Crippen LogP contribution in [0.4, 0.5) is 13.2 Å². The lowest BCUT2D eigenvalue weighted by atomic mass is 10.1. The number of hydrogen-bond acceptors (Lipinski definition) is 4. The highest BCUT2D eigenvalue weighted by molar-refractivity contribution is 7.51. The maximum absolute atomic E-state index is 13.6. The maximum atomic E-state index is 13.6. The topological polar surface area (TPSA) is 119 Å². The first-order valence-corrected chi connectivity index (χ1v) is 15.1. The molecule has 0 radical (unpaired) electrons. The molecule has 4 rings (SSSR count). The van der Waals surface area contributed by atoms with Gasteiger partial charge in [-0.2, -0.15) is 13.2 Å². The Hall–Kier alpha value is -3.13. The van der Waals surface area contributed by atoms with Crippen molar-refractivity contribution in [3.63, 3.8) is 0 Å². The van der Waals surface area contributed by atoms with Crippen LogP contribution >= 0.6 is 7.60 Å². The molecule has 40 heavy (non-hydrogen) atoms. The van der Waals surface area contributed by atoms with Gasteiger partial charge >= 0.3 is 19.5 Å². The van der Waals surface area contributed by atoms with E-state index in [1.807, 2.05) is 4.57 Å². The summed E-state index contributed by atoms with van der Waals surface area (Å²) in [6.45, 7) is 0.352. The molecular weight excluding hydrogens is 548 g/mol. The maximum Gasteiger partial charge on any atom is 0.416 e. The van der Waals surface area contributed by atoms with Crippen LogP contribution in [0, 0.1) is 18.3 Å². The van der Waals surface area contributed by atoms with Crippen LogP contribution in [0.5, 0.6) is 0 Å². The number of aromatic nitrogens is 4. The van der Waals surface area contributed by atoms with Gasteiger partial charge < -0.3 is 14.4 Å². The number of alkyl halides is 3. The first-order valence-electron chi connectivity index (χ1n) is 13.3. The lowest BCUT2D eigenvalue weighted by Crippen LogP contribution is -2.40. The molecule has 2 heterocycles. The van der Waals surface area contributed by atoms with Gasteiger partial charge in [-0.3, -0.25) is 13.9 Å². The third-order valence-electron chi connectivity index (χ3n) is 7.36. The van der Waals surface area contributed by atoms with Crippen LogP contribution in [-0.4, -0.2) is 34.6 Å². The molecule has 1 aromatic carbocycles. The number of rotatable bonds is 11. The van der Waals surface area contributed by atoms with E-state index in [1.54, 1.807) is 0 Å². The normalized spacial score (nSPS) is 14.7. The van der Waals surface area contributed by atoms with Gasteiger partial charge in [0.1, 0.15) is 5.82 Å². The lowest BCUT2D eigenvalue weighted by Gasteiger charge is -2.15. The van der Waals surface area contributed by atoms with Crippen LogP contribution < -0.4 is 11.2 Å². The first-order chi connectivity index (χ1) is 18.9. The van der Waals surface area contributed by atoms with Crippen LogP contribution in [-0.2, 0) is 43.2 Å².